The number of aromatic nitrogens is 3. The maximum atomic E-state index is 13.1. The quantitative estimate of drug-likeness (QED) is 0.184. The van der Waals surface area contributed by atoms with Crippen molar-refractivity contribution in [2.75, 3.05) is 44.8 Å². The maximum absolute atomic E-state index is 13.1. The van der Waals surface area contributed by atoms with E-state index in [0.29, 0.717) is 35.4 Å². The van der Waals surface area contributed by atoms with E-state index in [0.717, 1.165) is 60.6 Å². The predicted molar refractivity (Wildman–Crippen MR) is 166 cm³/mol. The summed E-state index contributed by atoms with van der Waals surface area (Å²) >= 11 is 3.51. The predicted octanol–water partition coefficient (Wildman–Crippen LogP) is 5.61. The van der Waals surface area contributed by atoms with Crippen molar-refractivity contribution in [3.63, 3.8) is 0 Å². The number of nitrogens with zero attached hydrogens (tertiary/aromatic N) is 5. The van der Waals surface area contributed by atoms with E-state index in [1.807, 2.05) is 35.1 Å². The molecular weight excluding hydrogens is 598 g/mol. The van der Waals surface area contributed by atoms with Crippen molar-refractivity contribution in [3.05, 3.63) is 99.6 Å². The summed E-state index contributed by atoms with van der Waals surface area (Å²) in [6.07, 6.45) is 4.29. The highest BCUT2D eigenvalue weighted by Gasteiger charge is 2.18. The van der Waals surface area contributed by atoms with Crippen LogP contribution >= 0.6 is 15.9 Å². The second-order valence-corrected chi connectivity index (χ2v) is 11.2. The van der Waals surface area contributed by atoms with Crippen LogP contribution in [-0.2, 0) is 13.1 Å². The third kappa shape index (κ3) is 6.50. The minimum absolute atomic E-state index is 0.0820. The Labute approximate surface area is 252 Å². The van der Waals surface area contributed by atoms with Crippen molar-refractivity contribution in [2.45, 2.75) is 19.5 Å². The molecule has 0 N–H and O–H groups in total. The van der Waals surface area contributed by atoms with Crippen molar-refractivity contribution >= 4 is 32.6 Å². The third-order valence-electron chi connectivity index (χ3n) is 7.48. The van der Waals surface area contributed by atoms with Gasteiger partial charge in [-0.1, -0.05) is 33.3 Å². The summed E-state index contributed by atoms with van der Waals surface area (Å²) in [5, 5.41) is 9.20. The van der Waals surface area contributed by atoms with Crippen LogP contribution in [0.1, 0.15) is 12.1 Å². The van der Waals surface area contributed by atoms with Gasteiger partial charge in [-0.2, -0.15) is 0 Å². The minimum atomic E-state index is -0.0820. The van der Waals surface area contributed by atoms with Gasteiger partial charge in [0.15, 0.2) is 5.43 Å². The largest absolute Gasteiger partial charge is 0.497 e. The second-order valence-electron chi connectivity index (χ2n) is 10.3. The molecule has 0 bridgehead atoms. The molecule has 2 aromatic heterocycles. The smallest absolute Gasteiger partial charge is 0.200 e. The van der Waals surface area contributed by atoms with Gasteiger partial charge in [-0.25, -0.2) is 0 Å². The summed E-state index contributed by atoms with van der Waals surface area (Å²) in [5.74, 6) is 1.39. The summed E-state index contributed by atoms with van der Waals surface area (Å²) in [7, 11) is 1.61. The lowest BCUT2D eigenvalue weighted by molar-refractivity contribution is 0.247. The molecule has 0 atom stereocenters. The van der Waals surface area contributed by atoms with Crippen molar-refractivity contribution < 1.29 is 13.9 Å². The molecule has 10 heteroatoms. The average Bonchev–Trinajstić information content (AvgIpc) is 3.47. The number of halogens is 1. The van der Waals surface area contributed by atoms with Crippen LogP contribution in [0.5, 0.6) is 11.5 Å². The molecule has 1 aliphatic heterocycles. The molecule has 0 radical (unpaired) electrons. The van der Waals surface area contributed by atoms with Gasteiger partial charge < -0.3 is 18.8 Å². The van der Waals surface area contributed by atoms with E-state index in [2.05, 4.69) is 60.3 Å². The van der Waals surface area contributed by atoms with E-state index in [4.69, 9.17) is 13.9 Å². The number of methoxy groups -OCH3 is 1. The molecule has 1 fully saturated rings. The van der Waals surface area contributed by atoms with Gasteiger partial charge in [0.1, 0.15) is 23.3 Å². The zero-order chi connectivity index (χ0) is 28.9. The van der Waals surface area contributed by atoms with Gasteiger partial charge in [0.25, 0.3) is 0 Å². The molecule has 0 spiro atoms. The topological polar surface area (TPSA) is 85.9 Å². The van der Waals surface area contributed by atoms with Crippen LogP contribution in [0.4, 0.5) is 5.69 Å². The molecule has 0 saturated carbocycles. The van der Waals surface area contributed by atoms with Gasteiger partial charge in [0.05, 0.1) is 30.4 Å². The van der Waals surface area contributed by atoms with Crippen LogP contribution in [0.15, 0.2) is 92.9 Å². The molecule has 1 saturated heterocycles. The Morgan fingerprint density at radius 3 is 2.48 bits per heavy atom. The highest BCUT2D eigenvalue weighted by molar-refractivity contribution is 9.10. The molecule has 9 nitrogen and oxygen atoms in total. The summed E-state index contributed by atoms with van der Waals surface area (Å²) in [4.78, 5) is 17.9. The lowest BCUT2D eigenvalue weighted by Crippen LogP contribution is -2.46. The van der Waals surface area contributed by atoms with Crippen LogP contribution < -0.4 is 19.8 Å². The second kappa shape index (κ2) is 12.8. The fourth-order valence-electron chi connectivity index (χ4n) is 5.15. The average molecular weight is 631 g/mol. The fourth-order valence-corrected chi connectivity index (χ4v) is 5.41. The Morgan fingerprint density at radius 2 is 1.71 bits per heavy atom. The number of hydrogen-bond donors (Lipinski definition) is 0. The molecule has 0 unspecified atom stereocenters. The SMILES string of the molecule is COc1ccc(-c2coc3cc(OCCCn4cc(CN5CCN(c6ccc(Br)cc6)CC5)nn4)ccc3c2=O)cc1. The van der Waals surface area contributed by atoms with Crippen LogP contribution in [0.25, 0.3) is 22.1 Å². The lowest BCUT2D eigenvalue weighted by atomic mass is 10.1. The first kappa shape index (κ1) is 28.0. The normalized spacial score (nSPS) is 13.9. The minimum Gasteiger partial charge on any atom is -0.497 e. The Hall–Kier alpha value is -4.15. The molecular formula is C32H32BrN5O4. The van der Waals surface area contributed by atoms with E-state index in [1.165, 1.54) is 12.0 Å². The van der Waals surface area contributed by atoms with Crippen LogP contribution in [0.2, 0.25) is 0 Å². The number of fused-ring (bicyclic) bond motifs is 1. The first-order valence-electron chi connectivity index (χ1n) is 14.0. The van der Waals surface area contributed by atoms with Gasteiger partial charge in [-0.3, -0.25) is 14.4 Å². The number of anilines is 1. The lowest BCUT2D eigenvalue weighted by Gasteiger charge is -2.35. The summed E-state index contributed by atoms with van der Waals surface area (Å²) < 4.78 is 19.9. The highest BCUT2D eigenvalue weighted by Crippen LogP contribution is 2.25. The first-order valence-corrected chi connectivity index (χ1v) is 14.8. The zero-order valence-electron chi connectivity index (χ0n) is 23.4. The van der Waals surface area contributed by atoms with E-state index >= 15 is 0 Å². The van der Waals surface area contributed by atoms with Crippen molar-refractivity contribution in [2.24, 2.45) is 0 Å². The van der Waals surface area contributed by atoms with Gasteiger partial charge in [0, 0.05) is 68.1 Å². The molecule has 0 amide bonds. The number of piperazine rings is 1. The van der Waals surface area contributed by atoms with Crippen molar-refractivity contribution in [1.82, 2.24) is 19.9 Å². The highest BCUT2D eigenvalue weighted by atomic mass is 79.9. The molecule has 5 aromatic rings. The van der Waals surface area contributed by atoms with Crippen molar-refractivity contribution in [1.29, 1.82) is 0 Å². The van der Waals surface area contributed by atoms with Crippen LogP contribution in [0.3, 0.4) is 0 Å². The number of rotatable bonds is 10. The van der Waals surface area contributed by atoms with E-state index < -0.39 is 0 Å². The fraction of sp³-hybridized carbons (Fsp3) is 0.281. The number of hydrogen-bond acceptors (Lipinski definition) is 8. The van der Waals surface area contributed by atoms with Crippen molar-refractivity contribution in [3.8, 4) is 22.6 Å². The number of ether oxygens (including phenoxy) is 2. The Kier molecular flexibility index (Phi) is 8.52. The molecule has 6 rings (SSSR count). The summed E-state index contributed by atoms with van der Waals surface area (Å²) in [5.41, 5.74) is 3.94. The van der Waals surface area contributed by atoms with E-state index in [1.54, 1.807) is 25.3 Å². The van der Waals surface area contributed by atoms with Gasteiger partial charge in [0.2, 0.25) is 0 Å². The first-order chi connectivity index (χ1) is 20.6. The van der Waals surface area contributed by atoms with Gasteiger partial charge in [-0.15, -0.1) is 5.10 Å². The van der Waals surface area contributed by atoms with Gasteiger partial charge >= 0.3 is 0 Å². The Balaban J connectivity index is 0.970. The summed E-state index contributed by atoms with van der Waals surface area (Å²) in [6.45, 7) is 5.99. The Bertz CT molecular complexity index is 1690. The van der Waals surface area contributed by atoms with Crippen LogP contribution in [0, 0.1) is 0 Å². The molecule has 1 aliphatic rings. The molecule has 0 aliphatic carbocycles. The standard InChI is InChI=1S/C32H32BrN5O4/c1-40-27-9-3-23(4-10-27)30-22-42-31-19-28(11-12-29(31)32(30)39)41-18-2-13-38-21-25(34-35-38)20-36-14-16-37(17-15-36)26-7-5-24(33)6-8-26/h3-12,19,21-22H,2,13-18,20H2,1H3. The number of aryl methyl sites for hydroxylation is 1. The van der Waals surface area contributed by atoms with Crippen LogP contribution in [-0.4, -0.2) is 59.8 Å². The Morgan fingerprint density at radius 1 is 0.952 bits per heavy atom. The zero-order valence-corrected chi connectivity index (χ0v) is 25.0. The third-order valence-corrected chi connectivity index (χ3v) is 8.01. The number of benzene rings is 3. The van der Waals surface area contributed by atoms with E-state index in [-0.39, 0.29) is 5.43 Å². The maximum Gasteiger partial charge on any atom is 0.200 e. The van der Waals surface area contributed by atoms with Gasteiger partial charge in [-0.05, 0) is 54.1 Å². The molecule has 3 aromatic carbocycles. The van der Waals surface area contributed by atoms with E-state index in [9.17, 15) is 4.79 Å². The summed E-state index contributed by atoms with van der Waals surface area (Å²) in [6, 6.07) is 21.2. The molecule has 3 heterocycles. The molecule has 216 valence electrons. The monoisotopic (exact) mass is 629 g/mol. The molecule has 42 heavy (non-hydrogen) atoms.